The van der Waals surface area contributed by atoms with E-state index in [2.05, 4.69) is 22.9 Å². The van der Waals surface area contributed by atoms with E-state index in [1.807, 2.05) is 12.3 Å². The van der Waals surface area contributed by atoms with Crippen molar-refractivity contribution < 1.29 is 0 Å². The third-order valence-electron chi connectivity index (χ3n) is 3.45. The van der Waals surface area contributed by atoms with Crippen molar-refractivity contribution in [2.75, 3.05) is 23.7 Å². The highest BCUT2D eigenvalue weighted by molar-refractivity contribution is 5.48. The predicted molar refractivity (Wildman–Crippen MR) is 68.5 cm³/mol. The molecule has 2 heterocycles. The van der Waals surface area contributed by atoms with Crippen LogP contribution in [0.15, 0.2) is 18.3 Å². The van der Waals surface area contributed by atoms with Gasteiger partial charge in [-0.3, -0.25) is 0 Å². The second-order valence-corrected chi connectivity index (χ2v) is 4.66. The van der Waals surface area contributed by atoms with E-state index in [0.717, 1.165) is 19.0 Å². The van der Waals surface area contributed by atoms with Gasteiger partial charge in [-0.25, -0.2) is 4.98 Å². The molecule has 0 radical (unpaired) electrons. The standard InChI is InChI=1S/C13H21N3/c1-2-3-11-6-8-16(9-7-11)12-4-5-13(14)15-10-12/h4-5,10-11H,2-3,6-9H2,1H3,(H2,14,15). The smallest absolute Gasteiger partial charge is 0.123 e. The minimum absolute atomic E-state index is 0.601. The van der Waals surface area contributed by atoms with Crippen LogP contribution in [0.1, 0.15) is 32.6 Å². The van der Waals surface area contributed by atoms with Crippen molar-refractivity contribution in [3.05, 3.63) is 18.3 Å². The van der Waals surface area contributed by atoms with Crippen LogP contribution in [-0.2, 0) is 0 Å². The van der Waals surface area contributed by atoms with Gasteiger partial charge in [0.1, 0.15) is 5.82 Å². The molecule has 0 spiro atoms. The van der Waals surface area contributed by atoms with Gasteiger partial charge in [0.25, 0.3) is 0 Å². The Hall–Kier alpha value is -1.25. The molecule has 1 saturated heterocycles. The molecule has 0 saturated carbocycles. The maximum absolute atomic E-state index is 5.59. The Balaban J connectivity index is 1.91. The van der Waals surface area contributed by atoms with Gasteiger partial charge in [-0.15, -0.1) is 0 Å². The summed E-state index contributed by atoms with van der Waals surface area (Å²) >= 11 is 0. The Kier molecular flexibility index (Phi) is 3.65. The van der Waals surface area contributed by atoms with Gasteiger partial charge in [0.05, 0.1) is 11.9 Å². The lowest BCUT2D eigenvalue weighted by atomic mass is 9.92. The summed E-state index contributed by atoms with van der Waals surface area (Å²) in [5, 5.41) is 0. The molecule has 2 N–H and O–H groups in total. The first-order chi connectivity index (χ1) is 7.79. The van der Waals surface area contributed by atoms with E-state index < -0.39 is 0 Å². The quantitative estimate of drug-likeness (QED) is 0.850. The van der Waals surface area contributed by atoms with Crippen molar-refractivity contribution in [2.24, 2.45) is 5.92 Å². The minimum Gasteiger partial charge on any atom is -0.384 e. The fraction of sp³-hybridized carbons (Fsp3) is 0.615. The third-order valence-corrected chi connectivity index (χ3v) is 3.45. The molecule has 0 bridgehead atoms. The molecule has 1 aliphatic rings. The van der Waals surface area contributed by atoms with Gasteiger partial charge in [-0.1, -0.05) is 19.8 Å². The van der Waals surface area contributed by atoms with Crippen LogP contribution in [0.5, 0.6) is 0 Å². The van der Waals surface area contributed by atoms with Crippen molar-refractivity contribution >= 4 is 11.5 Å². The molecule has 1 aromatic rings. The summed E-state index contributed by atoms with van der Waals surface area (Å²) in [6, 6.07) is 3.95. The molecule has 3 nitrogen and oxygen atoms in total. The van der Waals surface area contributed by atoms with Gasteiger partial charge >= 0.3 is 0 Å². The summed E-state index contributed by atoms with van der Waals surface area (Å²) in [5.41, 5.74) is 6.80. The van der Waals surface area contributed by atoms with Crippen LogP contribution in [-0.4, -0.2) is 18.1 Å². The molecular formula is C13H21N3. The monoisotopic (exact) mass is 219 g/mol. The molecule has 0 atom stereocenters. The molecule has 0 aliphatic carbocycles. The van der Waals surface area contributed by atoms with Gasteiger partial charge in [-0.2, -0.15) is 0 Å². The van der Waals surface area contributed by atoms with Crippen LogP contribution in [0, 0.1) is 5.92 Å². The number of hydrogen-bond donors (Lipinski definition) is 1. The summed E-state index contributed by atoms with van der Waals surface area (Å²) in [7, 11) is 0. The molecular weight excluding hydrogens is 198 g/mol. The van der Waals surface area contributed by atoms with Gasteiger partial charge in [-0.05, 0) is 30.9 Å². The zero-order valence-corrected chi connectivity index (χ0v) is 10.0. The highest BCUT2D eigenvalue weighted by atomic mass is 15.1. The van der Waals surface area contributed by atoms with Crippen LogP contribution < -0.4 is 10.6 Å². The molecule has 0 amide bonds. The SMILES string of the molecule is CCCC1CCN(c2ccc(N)nc2)CC1. The maximum Gasteiger partial charge on any atom is 0.123 e. The number of rotatable bonds is 3. The molecule has 1 aliphatic heterocycles. The van der Waals surface area contributed by atoms with E-state index in [-0.39, 0.29) is 0 Å². The second-order valence-electron chi connectivity index (χ2n) is 4.66. The number of hydrogen-bond acceptors (Lipinski definition) is 3. The molecule has 0 aromatic carbocycles. The predicted octanol–water partition coefficient (Wildman–Crippen LogP) is 2.68. The van der Waals surface area contributed by atoms with Crippen molar-refractivity contribution in [2.45, 2.75) is 32.6 Å². The zero-order chi connectivity index (χ0) is 11.4. The lowest BCUT2D eigenvalue weighted by molar-refractivity contribution is 0.378. The van der Waals surface area contributed by atoms with Gasteiger partial charge < -0.3 is 10.6 Å². The summed E-state index contributed by atoms with van der Waals surface area (Å²) in [6.07, 6.45) is 7.22. The molecule has 1 aromatic heterocycles. The molecule has 2 rings (SSSR count). The van der Waals surface area contributed by atoms with Gasteiger partial charge in [0.15, 0.2) is 0 Å². The lowest BCUT2D eigenvalue weighted by Gasteiger charge is -2.33. The number of aromatic nitrogens is 1. The fourth-order valence-corrected chi connectivity index (χ4v) is 2.47. The molecule has 16 heavy (non-hydrogen) atoms. The van der Waals surface area contributed by atoms with Crippen molar-refractivity contribution in [1.29, 1.82) is 0 Å². The minimum atomic E-state index is 0.601. The van der Waals surface area contributed by atoms with E-state index >= 15 is 0 Å². The van der Waals surface area contributed by atoms with E-state index in [0.29, 0.717) is 5.82 Å². The molecule has 1 fully saturated rings. The highest BCUT2D eigenvalue weighted by Gasteiger charge is 2.18. The normalized spacial score (nSPS) is 17.7. The number of nitrogen functional groups attached to an aromatic ring is 1. The number of pyridine rings is 1. The maximum atomic E-state index is 5.59. The van der Waals surface area contributed by atoms with Crippen molar-refractivity contribution in [1.82, 2.24) is 4.98 Å². The molecule has 3 heteroatoms. The third kappa shape index (κ3) is 2.65. The van der Waals surface area contributed by atoms with Crippen LogP contribution in [0.3, 0.4) is 0 Å². The van der Waals surface area contributed by atoms with Crippen LogP contribution in [0.2, 0.25) is 0 Å². The first-order valence-corrected chi connectivity index (χ1v) is 6.26. The average molecular weight is 219 g/mol. The lowest BCUT2D eigenvalue weighted by Crippen LogP contribution is -2.33. The van der Waals surface area contributed by atoms with Crippen LogP contribution in [0.25, 0.3) is 0 Å². The Morgan fingerprint density at radius 3 is 2.69 bits per heavy atom. The summed E-state index contributed by atoms with van der Waals surface area (Å²) in [4.78, 5) is 6.56. The van der Waals surface area contributed by atoms with Gasteiger partial charge in [0.2, 0.25) is 0 Å². The van der Waals surface area contributed by atoms with E-state index in [9.17, 15) is 0 Å². The summed E-state index contributed by atoms with van der Waals surface area (Å²) in [6.45, 7) is 4.60. The van der Waals surface area contributed by atoms with E-state index in [4.69, 9.17) is 5.73 Å². The molecule has 88 valence electrons. The van der Waals surface area contributed by atoms with Gasteiger partial charge in [0, 0.05) is 13.1 Å². The van der Waals surface area contributed by atoms with E-state index in [1.165, 1.54) is 31.4 Å². The zero-order valence-electron chi connectivity index (χ0n) is 10.0. The van der Waals surface area contributed by atoms with Crippen molar-refractivity contribution in [3.63, 3.8) is 0 Å². The van der Waals surface area contributed by atoms with E-state index in [1.54, 1.807) is 0 Å². The Morgan fingerprint density at radius 1 is 1.38 bits per heavy atom. The first-order valence-electron chi connectivity index (χ1n) is 6.26. The molecule has 0 unspecified atom stereocenters. The number of anilines is 2. The largest absolute Gasteiger partial charge is 0.384 e. The van der Waals surface area contributed by atoms with Crippen LogP contribution >= 0.6 is 0 Å². The Bertz CT molecular complexity index is 312. The number of nitrogens with zero attached hydrogens (tertiary/aromatic N) is 2. The fourth-order valence-electron chi connectivity index (χ4n) is 2.47. The number of nitrogens with two attached hydrogens (primary N) is 1. The second kappa shape index (κ2) is 5.19. The topological polar surface area (TPSA) is 42.1 Å². The average Bonchev–Trinajstić information content (AvgIpc) is 2.32. The van der Waals surface area contributed by atoms with Crippen LogP contribution in [0.4, 0.5) is 11.5 Å². The highest BCUT2D eigenvalue weighted by Crippen LogP contribution is 2.25. The Labute approximate surface area is 97.7 Å². The summed E-state index contributed by atoms with van der Waals surface area (Å²) in [5.74, 6) is 1.53. The Morgan fingerprint density at radius 2 is 2.12 bits per heavy atom. The summed E-state index contributed by atoms with van der Waals surface area (Å²) < 4.78 is 0. The first kappa shape index (κ1) is 11.2. The van der Waals surface area contributed by atoms with Crippen molar-refractivity contribution in [3.8, 4) is 0 Å². The number of piperidine rings is 1.